The Kier molecular flexibility index (Phi) is 3.59. The molecule has 0 radical (unpaired) electrons. The van der Waals surface area contributed by atoms with Crippen LogP contribution in [0.5, 0.6) is 0 Å². The first-order chi connectivity index (χ1) is 8.76. The molecule has 1 aliphatic heterocycles. The SMILES string of the molecule is CCn1cc(S(=O)(=O)N2CCCC(C)(O)C2)c(N)n1. The molecule has 8 heteroatoms. The van der Waals surface area contributed by atoms with Crippen LogP contribution in [0.4, 0.5) is 5.82 Å². The van der Waals surface area contributed by atoms with Crippen molar-refractivity contribution in [2.75, 3.05) is 18.8 Å². The van der Waals surface area contributed by atoms with Gasteiger partial charge in [-0.1, -0.05) is 0 Å². The smallest absolute Gasteiger partial charge is 0.248 e. The molecule has 1 aromatic heterocycles. The molecule has 0 saturated carbocycles. The third kappa shape index (κ3) is 2.75. The van der Waals surface area contributed by atoms with Gasteiger partial charge in [0.15, 0.2) is 5.82 Å². The summed E-state index contributed by atoms with van der Waals surface area (Å²) in [6.45, 7) is 4.54. The summed E-state index contributed by atoms with van der Waals surface area (Å²) in [4.78, 5) is 0.0204. The molecule has 1 fully saturated rings. The van der Waals surface area contributed by atoms with E-state index in [0.29, 0.717) is 25.9 Å². The van der Waals surface area contributed by atoms with E-state index in [1.165, 1.54) is 15.2 Å². The Morgan fingerprint density at radius 3 is 2.79 bits per heavy atom. The molecular formula is C11H20N4O3S. The van der Waals surface area contributed by atoms with E-state index in [4.69, 9.17) is 5.73 Å². The summed E-state index contributed by atoms with van der Waals surface area (Å²) in [5.74, 6) is 0.00654. The van der Waals surface area contributed by atoms with Crippen LogP contribution in [0, 0.1) is 0 Å². The molecule has 0 spiro atoms. The third-order valence-electron chi connectivity index (χ3n) is 3.34. The van der Waals surface area contributed by atoms with Crippen molar-refractivity contribution in [3.8, 4) is 0 Å². The maximum absolute atomic E-state index is 12.5. The van der Waals surface area contributed by atoms with Gasteiger partial charge in [-0.15, -0.1) is 0 Å². The van der Waals surface area contributed by atoms with Gasteiger partial charge in [0.2, 0.25) is 10.0 Å². The van der Waals surface area contributed by atoms with E-state index in [2.05, 4.69) is 5.10 Å². The van der Waals surface area contributed by atoms with E-state index in [1.807, 2.05) is 6.92 Å². The predicted molar refractivity (Wildman–Crippen MR) is 70.9 cm³/mol. The van der Waals surface area contributed by atoms with Gasteiger partial charge in [-0.2, -0.15) is 9.40 Å². The molecule has 1 aliphatic rings. The molecule has 1 saturated heterocycles. The van der Waals surface area contributed by atoms with Gasteiger partial charge in [-0.05, 0) is 26.7 Å². The highest BCUT2D eigenvalue weighted by Crippen LogP contribution is 2.28. The predicted octanol–water partition coefficient (Wildman–Crippen LogP) is 0.0207. The first-order valence-corrected chi connectivity index (χ1v) is 7.76. The number of nitrogens with two attached hydrogens (primary N) is 1. The van der Waals surface area contributed by atoms with Gasteiger partial charge in [0.25, 0.3) is 0 Å². The first-order valence-electron chi connectivity index (χ1n) is 6.32. The topological polar surface area (TPSA) is 101 Å². The Bertz CT molecular complexity index is 564. The average Bonchev–Trinajstić information content (AvgIpc) is 2.70. The minimum Gasteiger partial charge on any atom is -0.389 e. The normalized spacial score (nSPS) is 25.6. The number of hydrogen-bond acceptors (Lipinski definition) is 5. The Hall–Kier alpha value is -1.12. The second kappa shape index (κ2) is 4.77. The van der Waals surface area contributed by atoms with Gasteiger partial charge in [0.05, 0.1) is 5.60 Å². The van der Waals surface area contributed by atoms with E-state index in [9.17, 15) is 13.5 Å². The summed E-state index contributed by atoms with van der Waals surface area (Å²) in [5.41, 5.74) is 4.69. The third-order valence-corrected chi connectivity index (χ3v) is 5.20. The van der Waals surface area contributed by atoms with Crippen molar-refractivity contribution in [2.45, 2.75) is 43.7 Å². The molecule has 0 aliphatic carbocycles. The lowest BCUT2D eigenvalue weighted by Gasteiger charge is -2.35. The summed E-state index contributed by atoms with van der Waals surface area (Å²) >= 11 is 0. The number of aromatic nitrogens is 2. The monoisotopic (exact) mass is 288 g/mol. The van der Waals surface area contributed by atoms with E-state index in [-0.39, 0.29) is 17.3 Å². The van der Waals surface area contributed by atoms with E-state index in [1.54, 1.807) is 6.92 Å². The van der Waals surface area contributed by atoms with Gasteiger partial charge in [0.1, 0.15) is 4.90 Å². The van der Waals surface area contributed by atoms with E-state index >= 15 is 0 Å². The van der Waals surface area contributed by atoms with Crippen LogP contribution >= 0.6 is 0 Å². The number of nitrogen functional groups attached to an aromatic ring is 1. The number of aliphatic hydroxyl groups is 1. The number of rotatable bonds is 3. The van der Waals surface area contributed by atoms with Crippen molar-refractivity contribution in [1.29, 1.82) is 0 Å². The number of sulfonamides is 1. The van der Waals surface area contributed by atoms with Crippen LogP contribution in [0.2, 0.25) is 0 Å². The van der Waals surface area contributed by atoms with Crippen molar-refractivity contribution in [3.63, 3.8) is 0 Å². The Morgan fingerprint density at radius 1 is 1.58 bits per heavy atom. The van der Waals surface area contributed by atoms with Gasteiger partial charge < -0.3 is 10.8 Å². The molecule has 1 atom stereocenters. The van der Waals surface area contributed by atoms with E-state index < -0.39 is 15.6 Å². The molecule has 2 rings (SSSR count). The molecule has 7 nitrogen and oxygen atoms in total. The molecule has 0 amide bonds. The Balaban J connectivity index is 2.34. The van der Waals surface area contributed by atoms with Crippen LogP contribution in [0.15, 0.2) is 11.1 Å². The molecule has 19 heavy (non-hydrogen) atoms. The van der Waals surface area contributed by atoms with Gasteiger partial charge >= 0.3 is 0 Å². The highest BCUT2D eigenvalue weighted by molar-refractivity contribution is 7.89. The molecule has 2 heterocycles. The molecule has 0 aromatic carbocycles. The second-order valence-electron chi connectivity index (χ2n) is 5.17. The molecule has 1 unspecified atom stereocenters. The second-order valence-corrected chi connectivity index (χ2v) is 7.08. The van der Waals surface area contributed by atoms with E-state index in [0.717, 1.165) is 0 Å². The molecular weight excluding hydrogens is 268 g/mol. The number of hydrogen-bond donors (Lipinski definition) is 2. The van der Waals surface area contributed by atoms with Crippen molar-refractivity contribution in [1.82, 2.24) is 14.1 Å². The molecule has 1 aromatic rings. The van der Waals surface area contributed by atoms with Gasteiger partial charge in [0, 0.05) is 25.8 Å². The Labute approximate surface area is 113 Å². The zero-order valence-electron chi connectivity index (χ0n) is 11.2. The average molecular weight is 288 g/mol. The molecule has 0 bridgehead atoms. The summed E-state index contributed by atoms with van der Waals surface area (Å²) < 4.78 is 27.8. The first kappa shape index (κ1) is 14.3. The van der Waals surface area contributed by atoms with Crippen molar-refractivity contribution >= 4 is 15.8 Å². The number of piperidine rings is 1. The lowest BCUT2D eigenvalue weighted by atomic mass is 9.97. The number of aryl methyl sites for hydroxylation is 1. The maximum Gasteiger partial charge on any atom is 0.248 e. The minimum absolute atomic E-state index is 0.00654. The maximum atomic E-state index is 12.5. The summed E-state index contributed by atoms with van der Waals surface area (Å²) in [6, 6.07) is 0. The van der Waals surface area contributed by atoms with Crippen molar-refractivity contribution in [2.24, 2.45) is 0 Å². The van der Waals surface area contributed by atoms with Crippen LogP contribution in [0.25, 0.3) is 0 Å². The quantitative estimate of drug-likeness (QED) is 0.816. The standard InChI is InChI=1S/C11H20N4O3S/c1-3-14-7-9(10(12)13-14)19(17,18)15-6-4-5-11(2,16)8-15/h7,16H,3-6,8H2,1-2H3,(H2,12,13). The highest BCUT2D eigenvalue weighted by Gasteiger charge is 2.37. The van der Waals surface area contributed by atoms with Crippen LogP contribution in [-0.4, -0.2) is 46.3 Å². The molecule has 3 N–H and O–H groups in total. The van der Waals surface area contributed by atoms with Crippen LogP contribution in [-0.2, 0) is 16.6 Å². The zero-order chi connectivity index (χ0) is 14.3. The van der Waals surface area contributed by atoms with Crippen molar-refractivity contribution < 1.29 is 13.5 Å². The zero-order valence-corrected chi connectivity index (χ0v) is 12.0. The highest BCUT2D eigenvalue weighted by atomic mass is 32.2. The summed E-state index contributed by atoms with van der Waals surface area (Å²) in [6.07, 6.45) is 2.67. The van der Waals surface area contributed by atoms with Crippen LogP contribution < -0.4 is 5.73 Å². The summed E-state index contributed by atoms with van der Waals surface area (Å²) in [5, 5.41) is 14.0. The largest absolute Gasteiger partial charge is 0.389 e. The van der Waals surface area contributed by atoms with Crippen molar-refractivity contribution in [3.05, 3.63) is 6.20 Å². The fourth-order valence-corrected chi connectivity index (χ4v) is 3.95. The van der Waals surface area contributed by atoms with Gasteiger partial charge in [-0.3, -0.25) is 4.68 Å². The lowest BCUT2D eigenvalue weighted by Crippen LogP contribution is -2.48. The van der Waals surface area contributed by atoms with Crippen LogP contribution in [0.1, 0.15) is 26.7 Å². The van der Waals surface area contributed by atoms with Gasteiger partial charge in [-0.25, -0.2) is 8.42 Å². The number of anilines is 1. The summed E-state index contributed by atoms with van der Waals surface area (Å²) in [7, 11) is -3.69. The fourth-order valence-electron chi connectivity index (χ4n) is 2.30. The number of β-amino-alcohol motifs (C(OH)–C–C–N with tert-alkyl or cyclic N) is 1. The van der Waals surface area contributed by atoms with Crippen LogP contribution in [0.3, 0.4) is 0 Å². The number of nitrogens with zero attached hydrogens (tertiary/aromatic N) is 3. The minimum atomic E-state index is -3.69. The Morgan fingerprint density at radius 2 is 2.26 bits per heavy atom. The fraction of sp³-hybridized carbons (Fsp3) is 0.727. The molecule has 108 valence electrons. The lowest BCUT2D eigenvalue weighted by molar-refractivity contribution is 0.00941.